The summed E-state index contributed by atoms with van der Waals surface area (Å²) in [5.74, 6) is 1.36. The third-order valence-electron chi connectivity index (χ3n) is 1.86. The monoisotopic (exact) mass is 215 g/mol. The molecule has 0 spiro atoms. The number of hydrogen-bond donors (Lipinski definition) is 1. The van der Waals surface area contributed by atoms with Crippen molar-refractivity contribution in [1.29, 1.82) is 0 Å². The van der Waals surface area contributed by atoms with Gasteiger partial charge in [-0.05, 0) is 0 Å². The largest absolute Gasteiger partial charge is 0.494 e. The summed E-state index contributed by atoms with van der Waals surface area (Å²) in [5.41, 5.74) is 6.12. The zero-order valence-corrected chi connectivity index (χ0v) is 8.75. The van der Waals surface area contributed by atoms with Crippen molar-refractivity contribution in [2.75, 3.05) is 33.2 Å². The van der Waals surface area contributed by atoms with Gasteiger partial charge in [-0.1, -0.05) is 0 Å². The van der Waals surface area contributed by atoms with E-state index < -0.39 is 6.67 Å². The maximum Gasteiger partial charge on any atom is 0.149 e. The summed E-state index contributed by atoms with van der Waals surface area (Å²) in [7, 11) is 2.98. The summed E-state index contributed by atoms with van der Waals surface area (Å²) in [5, 5.41) is 0. The first kappa shape index (κ1) is 11.4. The van der Waals surface area contributed by atoms with Gasteiger partial charge in [0.15, 0.2) is 0 Å². The molecule has 0 saturated heterocycles. The van der Waals surface area contributed by atoms with Crippen LogP contribution in [0.1, 0.15) is 0 Å². The minimum absolute atomic E-state index is 0.00374. The molecule has 0 aliphatic heterocycles. The number of alkyl halides is 1. The fourth-order valence-corrected chi connectivity index (χ4v) is 1.15. The minimum Gasteiger partial charge on any atom is -0.494 e. The maximum absolute atomic E-state index is 11.9. The van der Waals surface area contributed by atoms with Gasteiger partial charge in [0.2, 0.25) is 0 Å². The Balaban J connectivity index is 2.98. The van der Waals surface area contributed by atoms with Gasteiger partial charge in [-0.25, -0.2) is 4.39 Å². The van der Waals surface area contributed by atoms with Crippen LogP contribution >= 0.6 is 0 Å². The molecule has 1 aromatic carbocycles. The Morgan fingerprint density at radius 1 is 1.20 bits per heavy atom. The predicted molar refractivity (Wildman–Crippen MR) is 55.4 cm³/mol. The van der Waals surface area contributed by atoms with Gasteiger partial charge in [0, 0.05) is 12.1 Å². The number of nitrogens with two attached hydrogens (primary N) is 1. The van der Waals surface area contributed by atoms with Crippen molar-refractivity contribution in [2.24, 2.45) is 0 Å². The Morgan fingerprint density at radius 2 is 1.73 bits per heavy atom. The van der Waals surface area contributed by atoms with Crippen LogP contribution in [-0.2, 0) is 0 Å². The Hall–Kier alpha value is -1.65. The molecule has 0 bridgehead atoms. The van der Waals surface area contributed by atoms with Gasteiger partial charge in [-0.2, -0.15) is 0 Å². The molecule has 0 radical (unpaired) electrons. The molecule has 0 unspecified atom stereocenters. The lowest BCUT2D eigenvalue weighted by molar-refractivity contribution is 0.270. The van der Waals surface area contributed by atoms with E-state index in [1.807, 2.05) is 0 Å². The lowest BCUT2D eigenvalue weighted by Gasteiger charge is -2.12. The summed E-state index contributed by atoms with van der Waals surface area (Å²) >= 11 is 0. The maximum atomic E-state index is 11.9. The Kier molecular flexibility index (Phi) is 4.03. The third-order valence-corrected chi connectivity index (χ3v) is 1.86. The molecule has 0 atom stereocenters. The molecule has 1 rings (SSSR count). The highest BCUT2D eigenvalue weighted by atomic mass is 19.1. The second kappa shape index (κ2) is 5.29. The fourth-order valence-electron chi connectivity index (χ4n) is 1.15. The van der Waals surface area contributed by atoms with Crippen LogP contribution in [0.2, 0.25) is 0 Å². The Labute approximate surface area is 87.7 Å². The van der Waals surface area contributed by atoms with Crippen molar-refractivity contribution in [2.45, 2.75) is 0 Å². The van der Waals surface area contributed by atoms with E-state index in [1.165, 1.54) is 14.2 Å². The number of benzene rings is 1. The van der Waals surface area contributed by atoms with Gasteiger partial charge < -0.3 is 19.9 Å². The highest BCUT2D eigenvalue weighted by Gasteiger charge is 2.09. The zero-order chi connectivity index (χ0) is 11.3. The van der Waals surface area contributed by atoms with E-state index in [1.54, 1.807) is 12.1 Å². The molecule has 0 saturated carbocycles. The molecule has 5 heteroatoms. The number of hydrogen-bond acceptors (Lipinski definition) is 4. The van der Waals surface area contributed by atoms with E-state index in [9.17, 15) is 4.39 Å². The molecule has 0 aromatic heterocycles. The number of rotatable bonds is 5. The molecule has 0 aliphatic carbocycles. The second-order valence-corrected chi connectivity index (χ2v) is 2.78. The molecule has 0 heterocycles. The van der Waals surface area contributed by atoms with E-state index in [0.29, 0.717) is 22.9 Å². The van der Waals surface area contributed by atoms with Crippen LogP contribution in [0.5, 0.6) is 17.2 Å². The van der Waals surface area contributed by atoms with Crippen molar-refractivity contribution >= 4 is 5.69 Å². The molecule has 1 aromatic rings. The van der Waals surface area contributed by atoms with Gasteiger partial charge in [0.05, 0.1) is 14.2 Å². The van der Waals surface area contributed by atoms with Crippen LogP contribution in [0.15, 0.2) is 12.1 Å². The highest BCUT2D eigenvalue weighted by Crippen LogP contribution is 2.36. The summed E-state index contributed by atoms with van der Waals surface area (Å²) in [6.07, 6.45) is 0. The Bertz CT molecular complexity index is 305. The zero-order valence-electron chi connectivity index (χ0n) is 8.75. The topological polar surface area (TPSA) is 53.7 Å². The van der Waals surface area contributed by atoms with Crippen molar-refractivity contribution in [3.05, 3.63) is 12.1 Å². The molecular formula is C10H14FNO3. The first-order valence-electron chi connectivity index (χ1n) is 4.43. The highest BCUT2D eigenvalue weighted by molar-refractivity contribution is 5.65. The van der Waals surface area contributed by atoms with Gasteiger partial charge in [0.1, 0.15) is 36.2 Å². The van der Waals surface area contributed by atoms with E-state index in [0.717, 1.165) is 0 Å². The average molecular weight is 215 g/mol. The van der Waals surface area contributed by atoms with Crippen LogP contribution in [0.25, 0.3) is 0 Å². The van der Waals surface area contributed by atoms with E-state index in [-0.39, 0.29) is 6.61 Å². The van der Waals surface area contributed by atoms with Gasteiger partial charge in [-0.3, -0.25) is 0 Å². The first-order chi connectivity index (χ1) is 7.22. The van der Waals surface area contributed by atoms with Gasteiger partial charge in [-0.15, -0.1) is 0 Å². The van der Waals surface area contributed by atoms with E-state index >= 15 is 0 Å². The average Bonchev–Trinajstić information content (AvgIpc) is 2.27. The standard InChI is InChI=1S/C10H14FNO3/c1-13-8-5-7(15-4-3-11)6-9(14-2)10(8)12/h5-6H,3-4,12H2,1-2H3. The number of nitrogen functional groups attached to an aromatic ring is 1. The van der Waals surface area contributed by atoms with Crippen LogP contribution in [0.4, 0.5) is 10.1 Å². The van der Waals surface area contributed by atoms with Crippen LogP contribution < -0.4 is 19.9 Å². The molecule has 0 fully saturated rings. The quantitative estimate of drug-likeness (QED) is 0.758. The molecule has 15 heavy (non-hydrogen) atoms. The summed E-state index contributed by atoms with van der Waals surface area (Å²) in [6.45, 7) is -0.550. The van der Waals surface area contributed by atoms with Crippen LogP contribution in [-0.4, -0.2) is 27.5 Å². The smallest absolute Gasteiger partial charge is 0.149 e. The van der Waals surface area contributed by atoms with Gasteiger partial charge >= 0.3 is 0 Å². The van der Waals surface area contributed by atoms with Crippen LogP contribution in [0.3, 0.4) is 0 Å². The molecule has 4 nitrogen and oxygen atoms in total. The lowest BCUT2D eigenvalue weighted by atomic mass is 10.2. The van der Waals surface area contributed by atoms with E-state index in [4.69, 9.17) is 19.9 Å². The van der Waals surface area contributed by atoms with Crippen LogP contribution in [0, 0.1) is 0 Å². The van der Waals surface area contributed by atoms with Gasteiger partial charge in [0.25, 0.3) is 0 Å². The SMILES string of the molecule is COc1cc(OCCF)cc(OC)c1N. The van der Waals surface area contributed by atoms with Crippen molar-refractivity contribution < 1.29 is 18.6 Å². The molecular weight excluding hydrogens is 201 g/mol. The van der Waals surface area contributed by atoms with E-state index in [2.05, 4.69) is 0 Å². The van der Waals surface area contributed by atoms with Crippen molar-refractivity contribution in [3.8, 4) is 17.2 Å². The molecule has 2 N–H and O–H groups in total. The first-order valence-corrected chi connectivity index (χ1v) is 4.43. The number of ether oxygens (including phenoxy) is 3. The van der Waals surface area contributed by atoms with Crippen molar-refractivity contribution in [1.82, 2.24) is 0 Å². The lowest BCUT2D eigenvalue weighted by Crippen LogP contribution is -2.01. The fraction of sp³-hybridized carbons (Fsp3) is 0.400. The number of methoxy groups -OCH3 is 2. The minimum atomic E-state index is -0.547. The molecule has 0 amide bonds. The molecule has 0 aliphatic rings. The number of anilines is 1. The summed E-state index contributed by atoms with van der Waals surface area (Å²) in [4.78, 5) is 0. The van der Waals surface area contributed by atoms with Crippen molar-refractivity contribution in [3.63, 3.8) is 0 Å². The third kappa shape index (κ3) is 2.65. The number of halogens is 1. The predicted octanol–water partition coefficient (Wildman–Crippen LogP) is 1.63. The Morgan fingerprint density at radius 3 is 2.13 bits per heavy atom. The summed E-state index contributed by atoms with van der Waals surface area (Å²) in [6, 6.07) is 3.18. The normalized spacial score (nSPS) is 9.80. The second-order valence-electron chi connectivity index (χ2n) is 2.78. The molecule has 84 valence electrons. The summed E-state index contributed by atoms with van der Waals surface area (Å²) < 4.78 is 27.1.